The molecule has 2 atom stereocenters. The zero-order chi connectivity index (χ0) is 27.1. The van der Waals surface area contributed by atoms with Gasteiger partial charge < -0.3 is 24.7 Å². The van der Waals surface area contributed by atoms with Gasteiger partial charge in [0.25, 0.3) is 5.56 Å². The van der Waals surface area contributed by atoms with Gasteiger partial charge >= 0.3 is 11.9 Å². The van der Waals surface area contributed by atoms with Crippen LogP contribution < -0.4 is 16.2 Å². The summed E-state index contributed by atoms with van der Waals surface area (Å²) in [6.07, 6.45) is -0.826. The van der Waals surface area contributed by atoms with Crippen LogP contribution in [0.3, 0.4) is 0 Å². The average Bonchev–Trinajstić information content (AvgIpc) is 3.24. The third-order valence-corrected chi connectivity index (χ3v) is 7.47. The van der Waals surface area contributed by atoms with Crippen molar-refractivity contribution in [3.63, 3.8) is 0 Å². The van der Waals surface area contributed by atoms with Gasteiger partial charge in [-0.2, -0.15) is 0 Å². The summed E-state index contributed by atoms with van der Waals surface area (Å²) in [5.74, 6) is -1.66. The predicted molar refractivity (Wildman–Crippen MR) is 142 cm³/mol. The lowest BCUT2D eigenvalue weighted by atomic mass is 10.00. The van der Waals surface area contributed by atoms with Gasteiger partial charge in [0.05, 0.1) is 35.1 Å². The van der Waals surface area contributed by atoms with Gasteiger partial charge in [0.2, 0.25) is 12.0 Å². The largest absolute Gasteiger partial charge is 0.458 e. The molecule has 0 saturated heterocycles. The maximum Gasteiger partial charge on any atom is 0.352 e. The van der Waals surface area contributed by atoms with Crippen molar-refractivity contribution in [1.82, 2.24) is 20.2 Å². The van der Waals surface area contributed by atoms with E-state index in [1.807, 2.05) is 38.1 Å². The molecule has 10 nitrogen and oxygen atoms in total. The Bertz CT molecular complexity index is 1530. The fourth-order valence-electron chi connectivity index (χ4n) is 4.89. The lowest BCUT2D eigenvalue weighted by molar-refractivity contribution is -0.171. The second-order valence-electron chi connectivity index (χ2n) is 9.82. The summed E-state index contributed by atoms with van der Waals surface area (Å²) in [6.45, 7) is 3.67. The number of hydrogen-bond acceptors (Lipinski definition) is 8. The summed E-state index contributed by atoms with van der Waals surface area (Å²) in [7, 11) is 1.67. The molecule has 2 aromatic heterocycles. The molecular formula is C27H27BrN4O6. The number of pyridine rings is 2. The molecule has 1 aromatic carbocycles. The van der Waals surface area contributed by atoms with Gasteiger partial charge in [-0.15, -0.1) is 0 Å². The van der Waals surface area contributed by atoms with E-state index >= 15 is 0 Å². The third-order valence-electron chi connectivity index (χ3n) is 6.77. The fourth-order valence-corrected chi connectivity index (χ4v) is 5.36. The van der Waals surface area contributed by atoms with Gasteiger partial charge in [0.1, 0.15) is 13.2 Å². The summed E-state index contributed by atoms with van der Waals surface area (Å²) >= 11 is 3.55. The van der Waals surface area contributed by atoms with Gasteiger partial charge in [0, 0.05) is 21.0 Å². The molecular weight excluding hydrogens is 556 g/mol. The van der Waals surface area contributed by atoms with E-state index in [9.17, 15) is 19.2 Å². The van der Waals surface area contributed by atoms with Crippen LogP contribution in [0.15, 0.2) is 39.6 Å². The number of nitrogens with one attached hydrogen (secondary N) is 2. The Kier molecular flexibility index (Phi) is 7.06. The predicted octanol–water partition coefficient (Wildman–Crippen LogP) is 2.58. The minimum absolute atomic E-state index is 0.214. The molecule has 2 aliphatic heterocycles. The van der Waals surface area contributed by atoms with Crippen molar-refractivity contribution in [3.8, 4) is 11.4 Å². The molecule has 0 saturated carbocycles. The molecule has 0 bridgehead atoms. The van der Waals surface area contributed by atoms with Gasteiger partial charge in [-0.3, -0.25) is 14.4 Å². The quantitative estimate of drug-likeness (QED) is 0.318. The molecule has 0 fully saturated rings. The number of carbonyl (C=O) groups excluding carboxylic acids is 3. The van der Waals surface area contributed by atoms with Crippen LogP contribution in [0.5, 0.6) is 0 Å². The molecule has 2 unspecified atom stereocenters. The number of cyclic esters (lactones) is 1. The summed E-state index contributed by atoms with van der Waals surface area (Å²) in [6, 6.07) is 8.90. The van der Waals surface area contributed by atoms with Crippen molar-refractivity contribution in [3.05, 3.63) is 61.8 Å². The maximum absolute atomic E-state index is 13.4. The maximum atomic E-state index is 13.4. The first-order valence-corrected chi connectivity index (χ1v) is 13.1. The molecule has 4 heterocycles. The number of likely N-dealkylation sites (N-methyl/N-ethyl adjacent to an activating group) is 1. The lowest BCUT2D eigenvalue weighted by Gasteiger charge is -2.25. The molecule has 2 N–H and O–H groups in total. The van der Waals surface area contributed by atoms with Gasteiger partial charge in [-0.25, -0.2) is 9.78 Å². The number of esters is 2. The molecule has 1 amide bonds. The number of halogens is 1. The number of fused-ring (bicyclic) bond motifs is 5. The van der Waals surface area contributed by atoms with Crippen molar-refractivity contribution in [2.45, 2.75) is 45.6 Å². The fraction of sp³-hybridized carbons (Fsp3) is 0.370. The monoisotopic (exact) mass is 582 g/mol. The van der Waals surface area contributed by atoms with E-state index in [-0.39, 0.29) is 35.1 Å². The first kappa shape index (κ1) is 26.1. The van der Waals surface area contributed by atoms with Crippen molar-refractivity contribution >= 4 is 44.7 Å². The normalized spacial score (nSPS) is 16.4. The first-order chi connectivity index (χ1) is 18.2. The Hall–Kier alpha value is -3.57. The topological polar surface area (TPSA) is 129 Å². The summed E-state index contributed by atoms with van der Waals surface area (Å²) in [4.78, 5) is 55.9. The van der Waals surface area contributed by atoms with Crippen molar-refractivity contribution in [1.29, 1.82) is 0 Å². The van der Waals surface area contributed by atoms with E-state index in [1.165, 1.54) is 0 Å². The Morgan fingerprint density at radius 1 is 1.26 bits per heavy atom. The number of benzene rings is 1. The molecule has 5 rings (SSSR count). The number of aromatic nitrogens is 2. The van der Waals surface area contributed by atoms with Crippen molar-refractivity contribution < 1.29 is 23.9 Å². The Morgan fingerprint density at radius 3 is 2.79 bits per heavy atom. The number of nitrogens with zero attached hydrogens (tertiary/aromatic N) is 2. The zero-order valence-electron chi connectivity index (χ0n) is 21.2. The molecule has 0 spiro atoms. The van der Waals surface area contributed by atoms with E-state index in [1.54, 1.807) is 17.7 Å². The summed E-state index contributed by atoms with van der Waals surface area (Å²) in [5, 5.41) is 6.40. The highest BCUT2D eigenvalue weighted by Gasteiger charge is 2.37. The Morgan fingerprint density at radius 2 is 2.05 bits per heavy atom. The van der Waals surface area contributed by atoms with E-state index in [2.05, 4.69) is 26.6 Å². The first-order valence-electron chi connectivity index (χ1n) is 12.3. The van der Waals surface area contributed by atoms with Crippen LogP contribution in [0.1, 0.15) is 43.1 Å². The Labute approximate surface area is 226 Å². The highest BCUT2D eigenvalue weighted by Crippen LogP contribution is 2.37. The number of rotatable bonds is 7. The minimum atomic E-state index is -1.42. The van der Waals surface area contributed by atoms with Gasteiger partial charge in [-0.05, 0) is 43.7 Å². The molecule has 0 radical (unpaired) electrons. The van der Waals surface area contributed by atoms with Gasteiger partial charge in [0.15, 0.2) is 0 Å². The highest BCUT2D eigenvalue weighted by molar-refractivity contribution is 9.10. The SMILES string of the molecule is CNC(CC(C)C)C(=O)NCC(=O)OC1C(=O)OCc2c1cc1n(c2=O)Cc2cc3c(Br)cccc3nc2-1. The van der Waals surface area contributed by atoms with E-state index in [4.69, 9.17) is 14.5 Å². The standard InChI is InChI=1S/C27H27BrN4O6/c1-13(2)7-20(29-3)25(34)30-10-22(33)38-24-15-9-21-23-14(8-16-18(28)5-4-6-19(16)31-23)11-32(21)26(35)17(15)12-37-27(24)36/h4-6,8-9,13,20,24,29H,7,10-12H2,1-3H3,(H,30,34). The zero-order valence-corrected chi connectivity index (χ0v) is 22.8. The van der Waals surface area contributed by atoms with Crippen LogP contribution in [0.25, 0.3) is 22.3 Å². The third kappa shape index (κ3) is 4.71. The number of carbonyl (C=O) groups is 3. The number of amides is 1. The highest BCUT2D eigenvalue weighted by atomic mass is 79.9. The van der Waals surface area contributed by atoms with E-state index < -0.39 is 30.6 Å². The van der Waals surface area contributed by atoms with Crippen LogP contribution in [0.2, 0.25) is 0 Å². The lowest BCUT2D eigenvalue weighted by Crippen LogP contribution is -2.45. The number of ether oxygens (including phenoxy) is 2. The van der Waals surface area contributed by atoms with E-state index in [0.29, 0.717) is 24.4 Å². The van der Waals surface area contributed by atoms with Crippen LogP contribution in [0.4, 0.5) is 0 Å². The van der Waals surface area contributed by atoms with Crippen LogP contribution in [-0.2, 0) is 37.0 Å². The summed E-state index contributed by atoms with van der Waals surface area (Å²) < 4.78 is 13.1. The summed E-state index contributed by atoms with van der Waals surface area (Å²) in [5.41, 5.74) is 3.00. The van der Waals surface area contributed by atoms with Crippen LogP contribution in [0, 0.1) is 5.92 Å². The minimum Gasteiger partial charge on any atom is -0.458 e. The van der Waals surface area contributed by atoms with Gasteiger partial charge in [-0.1, -0.05) is 35.8 Å². The smallest absolute Gasteiger partial charge is 0.352 e. The number of hydrogen-bond donors (Lipinski definition) is 2. The second kappa shape index (κ2) is 10.3. The molecule has 0 aliphatic carbocycles. The second-order valence-corrected chi connectivity index (χ2v) is 10.7. The van der Waals surface area contributed by atoms with E-state index in [0.717, 1.165) is 20.9 Å². The molecule has 11 heteroatoms. The van der Waals surface area contributed by atoms with Crippen molar-refractivity contribution in [2.24, 2.45) is 5.92 Å². The Balaban J connectivity index is 1.42. The van der Waals surface area contributed by atoms with Crippen LogP contribution >= 0.6 is 15.9 Å². The van der Waals surface area contributed by atoms with Crippen molar-refractivity contribution in [2.75, 3.05) is 13.6 Å². The molecule has 3 aromatic rings. The molecule has 2 aliphatic rings. The molecule has 38 heavy (non-hydrogen) atoms. The van der Waals surface area contributed by atoms with Crippen LogP contribution in [-0.4, -0.2) is 47.0 Å². The average molecular weight is 583 g/mol. The molecule has 198 valence electrons.